The predicted molar refractivity (Wildman–Crippen MR) is 13.3 cm³/mol. The monoisotopic (exact) mass is 97.0 g/mol. The molecular formula is C2H4MnN. The first kappa shape index (κ1) is 4.06. The van der Waals surface area contributed by atoms with Crippen molar-refractivity contribution in [2.45, 2.75) is 0 Å². The SMILES string of the molecule is NC=[CH][Mn]. The second-order valence-corrected chi connectivity index (χ2v) is 0.712. The van der Waals surface area contributed by atoms with Gasteiger partial charge in [-0.1, -0.05) is 0 Å². The first-order valence-corrected chi connectivity index (χ1v) is 1.57. The Bertz CT molecular complexity index is 21.2. The fourth-order valence-corrected chi connectivity index (χ4v) is 0. The van der Waals surface area contributed by atoms with Gasteiger partial charge in [-0.15, -0.1) is 0 Å². The first-order valence-electron chi connectivity index (χ1n) is 0.885. The van der Waals surface area contributed by atoms with Crippen LogP contribution in [0.15, 0.2) is 11.2 Å². The molecule has 0 heterocycles. The molecule has 0 aliphatic heterocycles. The van der Waals surface area contributed by atoms with E-state index in [-0.39, 0.29) is 0 Å². The maximum atomic E-state index is 4.80. The van der Waals surface area contributed by atoms with Crippen molar-refractivity contribution in [3.05, 3.63) is 11.2 Å². The molecular weight excluding hydrogens is 93.0 g/mol. The summed E-state index contributed by atoms with van der Waals surface area (Å²) in [6.45, 7) is 0. The molecule has 0 aromatic carbocycles. The number of hydrogen-bond acceptors (Lipinski definition) is 1. The van der Waals surface area contributed by atoms with Crippen LogP contribution in [0.1, 0.15) is 0 Å². The van der Waals surface area contributed by atoms with Crippen LogP contribution in [0.5, 0.6) is 0 Å². The summed E-state index contributed by atoms with van der Waals surface area (Å²) in [6.07, 6.45) is 1.42. The minimum atomic E-state index is 1.42. The van der Waals surface area contributed by atoms with E-state index in [2.05, 4.69) is 16.0 Å². The van der Waals surface area contributed by atoms with Crippen molar-refractivity contribution < 1.29 is 16.0 Å². The molecule has 2 N–H and O–H groups in total. The van der Waals surface area contributed by atoms with Crippen LogP contribution in [-0.2, 0) is 16.0 Å². The van der Waals surface area contributed by atoms with Crippen molar-refractivity contribution >= 4 is 0 Å². The second-order valence-electron chi connectivity index (χ2n) is 0.318. The zero-order valence-electron chi connectivity index (χ0n) is 2.11. The van der Waals surface area contributed by atoms with Gasteiger partial charge >= 0.3 is 32.9 Å². The topological polar surface area (TPSA) is 26.0 Å². The Morgan fingerprint density at radius 2 is 2.00 bits per heavy atom. The summed E-state index contributed by atoms with van der Waals surface area (Å²) in [4.78, 5) is 1.59. The molecule has 0 radical (unpaired) electrons. The second kappa shape index (κ2) is 3.06. The van der Waals surface area contributed by atoms with Gasteiger partial charge in [-0.25, -0.2) is 0 Å². The standard InChI is InChI=1S/C2H4N.Mn/c1-2-3;/h1-2H,3H2;. The van der Waals surface area contributed by atoms with E-state index in [4.69, 9.17) is 5.73 Å². The summed E-state index contributed by atoms with van der Waals surface area (Å²) >= 11 is 2.94. The summed E-state index contributed by atoms with van der Waals surface area (Å²) in [7, 11) is 0. The van der Waals surface area contributed by atoms with Crippen molar-refractivity contribution in [3.8, 4) is 0 Å². The van der Waals surface area contributed by atoms with Gasteiger partial charge in [0.2, 0.25) is 0 Å². The van der Waals surface area contributed by atoms with E-state index in [1.54, 1.807) is 4.97 Å². The van der Waals surface area contributed by atoms with Crippen LogP contribution >= 0.6 is 0 Å². The molecule has 0 saturated heterocycles. The zero-order valence-corrected chi connectivity index (χ0v) is 3.29. The molecule has 2 heteroatoms. The maximum absolute atomic E-state index is 4.80. The van der Waals surface area contributed by atoms with Crippen molar-refractivity contribution in [3.63, 3.8) is 0 Å². The van der Waals surface area contributed by atoms with Gasteiger partial charge in [0.25, 0.3) is 0 Å². The molecule has 0 aliphatic carbocycles. The van der Waals surface area contributed by atoms with Crippen molar-refractivity contribution in [1.29, 1.82) is 0 Å². The molecule has 0 bridgehead atoms. The van der Waals surface area contributed by atoms with E-state index < -0.39 is 0 Å². The van der Waals surface area contributed by atoms with E-state index in [9.17, 15) is 0 Å². The third-order valence-electron chi connectivity index (χ3n) is 0.0727. The normalized spacial score (nSPS) is 9.25. The summed E-state index contributed by atoms with van der Waals surface area (Å²) < 4.78 is 0. The molecule has 4 heavy (non-hydrogen) atoms. The predicted octanol–water partition coefficient (Wildman–Crippen LogP) is -0.0369. The third kappa shape index (κ3) is 2.06. The van der Waals surface area contributed by atoms with Gasteiger partial charge in [-0.05, 0) is 0 Å². The third-order valence-corrected chi connectivity index (χ3v) is 0.300. The average molecular weight is 97.0 g/mol. The molecule has 0 rings (SSSR count). The molecule has 0 atom stereocenters. The van der Waals surface area contributed by atoms with Gasteiger partial charge in [0.05, 0.1) is 0 Å². The van der Waals surface area contributed by atoms with E-state index in [0.717, 1.165) is 0 Å². The molecule has 0 aromatic heterocycles. The summed E-state index contributed by atoms with van der Waals surface area (Å²) in [5.41, 5.74) is 4.80. The Balaban J connectivity index is 2.55. The molecule has 0 fully saturated rings. The van der Waals surface area contributed by atoms with Crippen molar-refractivity contribution in [2.75, 3.05) is 0 Å². The molecule has 24 valence electrons. The quantitative estimate of drug-likeness (QED) is 0.422. The van der Waals surface area contributed by atoms with E-state index in [1.807, 2.05) is 0 Å². The molecule has 0 aliphatic rings. The number of rotatable bonds is 0. The Hall–Kier alpha value is 0.0595. The Morgan fingerprint density at radius 3 is 2.00 bits per heavy atom. The van der Waals surface area contributed by atoms with Gasteiger partial charge in [0.15, 0.2) is 0 Å². The Morgan fingerprint density at radius 1 is 1.75 bits per heavy atom. The molecule has 0 unspecified atom stereocenters. The van der Waals surface area contributed by atoms with Crippen LogP contribution in [0.2, 0.25) is 0 Å². The van der Waals surface area contributed by atoms with Gasteiger partial charge in [-0.2, -0.15) is 0 Å². The zero-order chi connectivity index (χ0) is 3.41. The van der Waals surface area contributed by atoms with E-state index in [0.29, 0.717) is 0 Å². The van der Waals surface area contributed by atoms with Crippen molar-refractivity contribution in [2.24, 2.45) is 5.73 Å². The van der Waals surface area contributed by atoms with Crippen LogP contribution in [0, 0.1) is 0 Å². The van der Waals surface area contributed by atoms with E-state index >= 15 is 0 Å². The van der Waals surface area contributed by atoms with Crippen LogP contribution in [-0.4, -0.2) is 0 Å². The van der Waals surface area contributed by atoms with Crippen LogP contribution < -0.4 is 5.73 Å². The minimum absolute atomic E-state index is 1.42. The van der Waals surface area contributed by atoms with Crippen LogP contribution in [0.25, 0.3) is 0 Å². The Labute approximate surface area is 33.7 Å². The fraction of sp³-hybridized carbons (Fsp3) is 0. The van der Waals surface area contributed by atoms with Gasteiger partial charge in [0.1, 0.15) is 0 Å². The van der Waals surface area contributed by atoms with Gasteiger partial charge in [-0.3, -0.25) is 0 Å². The average Bonchev–Trinajstić information content (AvgIpc) is 1.37. The van der Waals surface area contributed by atoms with Crippen LogP contribution in [0.4, 0.5) is 0 Å². The van der Waals surface area contributed by atoms with Crippen molar-refractivity contribution in [1.82, 2.24) is 0 Å². The number of nitrogens with two attached hydrogens (primary N) is 1. The molecule has 0 saturated carbocycles. The first-order chi connectivity index (χ1) is 1.91. The van der Waals surface area contributed by atoms with Gasteiger partial charge < -0.3 is 0 Å². The molecule has 0 spiro atoms. The fourth-order valence-electron chi connectivity index (χ4n) is 0. The van der Waals surface area contributed by atoms with Crippen LogP contribution in [0.3, 0.4) is 0 Å². The van der Waals surface area contributed by atoms with Gasteiger partial charge in [0, 0.05) is 0 Å². The van der Waals surface area contributed by atoms with E-state index in [1.165, 1.54) is 6.20 Å². The Kier molecular flexibility index (Phi) is 3.10. The summed E-state index contributed by atoms with van der Waals surface area (Å²) in [5, 5.41) is 0. The number of hydrogen-bond donors (Lipinski definition) is 1. The summed E-state index contributed by atoms with van der Waals surface area (Å²) in [6, 6.07) is 0. The molecule has 0 aromatic rings. The molecule has 0 amide bonds. The summed E-state index contributed by atoms with van der Waals surface area (Å²) in [5.74, 6) is 0. The molecule has 1 nitrogen and oxygen atoms in total.